The third-order valence-corrected chi connectivity index (χ3v) is 5.02. The van der Waals surface area contributed by atoms with Crippen LogP contribution in [0.5, 0.6) is 11.8 Å². The molecule has 0 aliphatic carbocycles. The van der Waals surface area contributed by atoms with Crippen LogP contribution in [-0.2, 0) is 7.05 Å². The predicted octanol–water partition coefficient (Wildman–Crippen LogP) is 4.34. The van der Waals surface area contributed by atoms with E-state index in [2.05, 4.69) is 38.6 Å². The molecule has 0 aliphatic rings. The number of anilines is 3. The van der Waals surface area contributed by atoms with E-state index in [9.17, 15) is 4.79 Å². The Morgan fingerprint density at radius 1 is 1.06 bits per heavy atom. The Balaban J connectivity index is 1.69. The lowest BCUT2D eigenvalue weighted by Crippen LogP contribution is -2.16. The molecule has 2 aromatic heterocycles. The van der Waals surface area contributed by atoms with Crippen molar-refractivity contribution >= 4 is 28.5 Å². The highest BCUT2D eigenvalue weighted by molar-refractivity contribution is 5.85. The molecule has 33 heavy (non-hydrogen) atoms. The van der Waals surface area contributed by atoms with E-state index in [0.717, 1.165) is 23.7 Å². The number of nitriles is 1. The Hall–Kier alpha value is -4.45. The fourth-order valence-electron chi connectivity index (χ4n) is 3.23. The number of para-hydroxylation sites is 1. The summed E-state index contributed by atoms with van der Waals surface area (Å²) in [6.45, 7) is 2.80. The number of hydrogen-bond acceptors (Lipinski definition) is 8. The number of unbranched alkanes of at least 4 members (excludes halogenated alkanes) is 1. The van der Waals surface area contributed by atoms with Gasteiger partial charge >= 0.3 is 6.01 Å². The molecule has 9 nitrogen and oxygen atoms in total. The number of aryl methyl sites for hydroxylation is 1. The zero-order chi connectivity index (χ0) is 23.2. The topological polar surface area (TPSA) is 118 Å². The largest absolute Gasteiger partial charge is 0.423 e. The molecular formula is C24H23N7O2. The summed E-state index contributed by atoms with van der Waals surface area (Å²) in [5, 5.41) is 16.1. The summed E-state index contributed by atoms with van der Waals surface area (Å²) >= 11 is 0. The van der Waals surface area contributed by atoms with Gasteiger partial charge in [-0.05, 0) is 42.8 Å². The SMILES string of the molecule is CCCCNc1nc(Nc2ccc(C#N)cc2)nc(Oc2cc(=O)n(C)c3ccccc23)n1. The number of ether oxygens (including phenoxy) is 1. The second-order valence-corrected chi connectivity index (χ2v) is 7.38. The van der Waals surface area contributed by atoms with E-state index < -0.39 is 0 Å². The van der Waals surface area contributed by atoms with Gasteiger partial charge in [-0.15, -0.1) is 0 Å². The number of aromatic nitrogens is 4. The van der Waals surface area contributed by atoms with Gasteiger partial charge in [0.15, 0.2) is 0 Å². The molecule has 0 unspecified atom stereocenters. The van der Waals surface area contributed by atoms with E-state index in [4.69, 9.17) is 10.00 Å². The summed E-state index contributed by atoms with van der Waals surface area (Å²) in [6, 6.07) is 18.0. The van der Waals surface area contributed by atoms with E-state index in [1.54, 1.807) is 35.9 Å². The summed E-state index contributed by atoms with van der Waals surface area (Å²) in [5.74, 6) is 0.998. The molecule has 0 amide bonds. The molecular weight excluding hydrogens is 418 g/mol. The summed E-state index contributed by atoms with van der Waals surface area (Å²) in [7, 11) is 1.72. The van der Waals surface area contributed by atoms with E-state index in [-0.39, 0.29) is 17.5 Å². The van der Waals surface area contributed by atoms with Crippen LogP contribution in [0.1, 0.15) is 25.3 Å². The molecule has 0 fully saturated rings. The van der Waals surface area contributed by atoms with Gasteiger partial charge in [0.25, 0.3) is 5.56 Å². The van der Waals surface area contributed by atoms with Gasteiger partial charge in [-0.25, -0.2) is 0 Å². The Labute approximate surface area is 190 Å². The Morgan fingerprint density at radius 3 is 2.58 bits per heavy atom. The van der Waals surface area contributed by atoms with Crippen molar-refractivity contribution < 1.29 is 4.74 Å². The fourth-order valence-corrected chi connectivity index (χ4v) is 3.23. The van der Waals surface area contributed by atoms with Crippen LogP contribution < -0.4 is 20.9 Å². The van der Waals surface area contributed by atoms with Gasteiger partial charge in [0.05, 0.1) is 17.1 Å². The van der Waals surface area contributed by atoms with Crippen LogP contribution in [0.4, 0.5) is 17.6 Å². The minimum absolute atomic E-state index is 0.0542. The van der Waals surface area contributed by atoms with Crippen molar-refractivity contribution in [3.63, 3.8) is 0 Å². The first-order chi connectivity index (χ1) is 16.1. The summed E-state index contributed by atoms with van der Waals surface area (Å²) < 4.78 is 7.55. The van der Waals surface area contributed by atoms with Crippen LogP contribution in [0.15, 0.2) is 59.4 Å². The predicted molar refractivity (Wildman–Crippen MR) is 127 cm³/mol. The van der Waals surface area contributed by atoms with Gasteiger partial charge in [-0.1, -0.05) is 25.5 Å². The summed E-state index contributed by atoms with van der Waals surface area (Å²) in [4.78, 5) is 25.6. The van der Waals surface area contributed by atoms with Crippen LogP contribution in [0.3, 0.4) is 0 Å². The molecule has 0 spiro atoms. The highest BCUT2D eigenvalue weighted by Crippen LogP contribution is 2.27. The van der Waals surface area contributed by atoms with E-state index in [1.165, 1.54) is 6.07 Å². The second kappa shape index (κ2) is 9.78. The van der Waals surface area contributed by atoms with Crippen molar-refractivity contribution in [1.82, 2.24) is 19.5 Å². The molecule has 0 saturated heterocycles. The Morgan fingerprint density at radius 2 is 1.82 bits per heavy atom. The van der Waals surface area contributed by atoms with Crippen molar-refractivity contribution in [3.8, 4) is 17.8 Å². The molecule has 2 heterocycles. The maximum Gasteiger partial charge on any atom is 0.328 e. The summed E-state index contributed by atoms with van der Waals surface area (Å²) in [5.41, 5.74) is 1.81. The van der Waals surface area contributed by atoms with Gasteiger partial charge in [-0.3, -0.25) is 4.79 Å². The zero-order valence-corrected chi connectivity index (χ0v) is 18.4. The molecule has 2 aromatic carbocycles. The van der Waals surface area contributed by atoms with E-state index in [1.807, 2.05) is 24.3 Å². The first-order valence-electron chi connectivity index (χ1n) is 10.6. The lowest BCUT2D eigenvalue weighted by atomic mass is 10.2. The third-order valence-electron chi connectivity index (χ3n) is 5.02. The molecule has 2 N–H and O–H groups in total. The lowest BCUT2D eigenvalue weighted by molar-refractivity contribution is 0.444. The van der Waals surface area contributed by atoms with Crippen molar-refractivity contribution in [2.45, 2.75) is 19.8 Å². The van der Waals surface area contributed by atoms with Crippen molar-refractivity contribution in [2.75, 3.05) is 17.2 Å². The van der Waals surface area contributed by atoms with Crippen LogP contribution >= 0.6 is 0 Å². The third kappa shape index (κ3) is 5.07. The Bertz CT molecular complexity index is 1370. The van der Waals surface area contributed by atoms with Gasteiger partial charge in [-0.2, -0.15) is 20.2 Å². The summed E-state index contributed by atoms with van der Waals surface area (Å²) in [6.07, 6.45) is 1.98. The molecule has 0 saturated carbocycles. The molecule has 9 heteroatoms. The van der Waals surface area contributed by atoms with Gasteiger partial charge in [0, 0.05) is 30.7 Å². The second-order valence-electron chi connectivity index (χ2n) is 7.38. The molecule has 4 rings (SSSR count). The van der Waals surface area contributed by atoms with Gasteiger partial charge in [0.1, 0.15) is 5.75 Å². The van der Waals surface area contributed by atoms with Crippen LogP contribution in [0.2, 0.25) is 0 Å². The standard InChI is InChI=1S/C24H23N7O2/c1-3-4-13-26-22-28-23(27-17-11-9-16(15-25)10-12-17)30-24(29-22)33-20-14-21(32)31(2)19-8-6-5-7-18(19)20/h5-12,14H,3-4,13H2,1-2H3,(H2,26,27,28,29,30). The molecule has 0 aliphatic heterocycles. The molecule has 4 aromatic rings. The van der Waals surface area contributed by atoms with Gasteiger partial charge < -0.3 is 19.9 Å². The molecule has 166 valence electrons. The Kier molecular flexibility index (Phi) is 6.45. The number of nitrogens with one attached hydrogen (secondary N) is 2. The quantitative estimate of drug-likeness (QED) is 0.388. The first-order valence-corrected chi connectivity index (χ1v) is 10.6. The number of pyridine rings is 1. The number of benzene rings is 2. The van der Waals surface area contributed by atoms with Crippen molar-refractivity contribution in [2.24, 2.45) is 7.05 Å². The van der Waals surface area contributed by atoms with Gasteiger partial charge in [0.2, 0.25) is 11.9 Å². The monoisotopic (exact) mass is 441 g/mol. The average Bonchev–Trinajstić information content (AvgIpc) is 2.83. The maximum absolute atomic E-state index is 12.4. The number of rotatable bonds is 8. The van der Waals surface area contributed by atoms with Crippen LogP contribution in [-0.4, -0.2) is 26.1 Å². The maximum atomic E-state index is 12.4. The zero-order valence-electron chi connectivity index (χ0n) is 18.4. The molecule has 0 bridgehead atoms. The van der Waals surface area contributed by atoms with E-state index >= 15 is 0 Å². The minimum atomic E-state index is -0.199. The normalized spacial score (nSPS) is 10.6. The smallest absolute Gasteiger partial charge is 0.328 e. The highest BCUT2D eigenvalue weighted by Gasteiger charge is 2.13. The molecule has 0 radical (unpaired) electrons. The van der Waals surface area contributed by atoms with E-state index in [0.29, 0.717) is 29.5 Å². The highest BCUT2D eigenvalue weighted by atomic mass is 16.5. The first kappa shape index (κ1) is 21.8. The van der Waals surface area contributed by atoms with Crippen LogP contribution in [0, 0.1) is 11.3 Å². The van der Waals surface area contributed by atoms with Crippen molar-refractivity contribution in [1.29, 1.82) is 5.26 Å². The average molecular weight is 441 g/mol. The number of hydrogen-bond donors (Lipinski definition) is 2. The van der Waals surface area contributed by atoms with Crippen LogP contribution in [0.25, 0.3) is 10.9 Å². The number of fused-ring (bicyclic) bond motifs is 1. The lowest BCUT2D eigenvalue weighted by Gasteiger charge is -2.13. The minimum Gasteiger partial charge on any atom is -0.423 e. The molecule has 0 atom stereocenters. The number of nitrogens with zero attached hydrogens (tertiary/aromatic N) is 5. The fraction of sp³-hybridized carbons (Fsp3) is 0.208. The van der Waals surface area contributed by atoms with Crippen molar-refractivity contribution in [3.05, 3.63) is 70.5 Å².